The average Bonchev–Trinajstić information content (AvgIpc) is 3.08. The molecule has 3 atom stereocenters. The predicted molar refractivity (Wildman–Crippen MR) is 123 cm³/mol. The molecule has 1 radical (unpaired) electrons. The van der Waals surface area contributed by atoms with Crippen LogP contribution in [0.2, 0.25) is 5.82 Å². The van der Waals surface area contributed by atoms with E-state index in [1.54, 1.807) is 19.2 Å². The normalized spacial score (nSPS) is 18.8. The van der Waals surface area contributed by atoms with Crippen LogP contribution in [-0.4, -0.2) is 73.9 Å². The molecule has 1 aliphatic heterocycles. The monoisotopic (exact) mass is 420 g/mol. The van der Waals surface area contributed by atoms with Crippen LogP contribution in [0.25, 0.3) is 0 Å². The summed E-state index contributed by atoms with van der Waals surface area (Å²) < 4.78 is 11.2. The molecular formula is C21H35BN3O3S. The quantitative estimate of drug-likeness (QED) is 0.377. The molecule has 6 nitrogen and oxygen atoms in total. The van der Waals surface area contributed by atoms with E-state index in [2.05, 4.69) is 23.7 Å². The largest absolute Gasteiger partial charge is 0.491 e. The van der Waals surface area contributed by atoms with Crippen LogP contribution in [0, 0.1) is 5.92 Å². The zero-order valence-corrected chi connectivity index (χ0v) is 18.9. The molecule has 3 N–H and O–H groups in total. The van der Waals surface area contributed by atoms with Crippen molar-refractivity contribution in [1.82, 2.24) is 4.90 Å². The fourth-order valence-corrected chi connectivity index (χ4v) is 4.25. The van der Waals surface area contributed by atoms with E-state index < -0.39 is 6.10 Å². The number of rotatable bonds is 13. The van der Waals surface area contributed by atoms with Gasteiger partial charge in [-0.25, -0.2) is 0 Å². The average molecular weight is 420 g/mol. The molecule has 0 aliphatic carbocycles. The third kappa shape index (κ3) is 9.09. The van der Waals surface area contributed by atoms with Gasteiger partial charge in [0.25, 0.3) is 0 Å². The number of benzene rings is 1. The Morgan fingerprint density at radius 1 is 1.31 bits per heavy atom. The number of aliphatic hydroxyl groups excluding tert-OH is 1. The van der Waals surface area contributed by atoms with Gasteiger partial charge >= 0.3 is 7.48 Å². The van der Waals surface area contributed by atoms with Crippen molar-refractivity contribution in [3.05, 3.63) is 29.8 Å². The van der Waals surface area contributed by atoms with Crippen molar-refractivity contribution in [1.29, 1.82) is 0 Å². The highest BCUT2D eigenvalue weighted by atomic mass is 32.2. The molecular weight excluding hydrogens is 385 g/mol. The SMILES string of the molecule is CC1=NC(COc2ccc(C[C@H]([B]OCN)[C@H](O)CN(C)CC(C)C)cc2)CS1. The molecule has 0 bridgehead atoms. The maximum atomic E-state index is 10.7. The van der Waals surface area contributed by atoms with Crippen molar-refractivity contribution >= 4 is 24.3 Å². The number of nitrogens with two attached hydrogens (primary N) is 1. The third-order valence-corrected chi connectivity index (χ3v) is 5.80. The Morgan fingerprint density at radius 2 is 2.03 bits per heavy atom. The Labute approximate surface area is 180 Å². The molecule has 0 saturated heterocycles. The fraction of sp³-hybridized carbons (Fsp3) is 0.667. The minimum absolute atomic E-state index is 0.110. The van der Waals surface area contributed by atoms with Crippen molar-refractivity contribution in [3.8, 4) is 5.75 Å². The van der Waals surface area contributed by atoms with E-state index in [0.717, 1.165) is 28.7 Å². The lowest BCUT2D eigenvalue weighted by Gasteiger charge is -2.27. The maximum absolute atomic E-state index is 10.7. The highest BCUT2D eigenvalue weighted by Crippen LogP contribution is 2.22. The Balaban J connectivity index is 1.88. The predicted octanol–water partition coefficient (Wildman–Crippen LogP) is 2.43. The van der Waals surface area contributed by atoms with Gasteiger partial charge < -0.3 is 25.1 Å². The highest BCUT2D eigenvalue weighted by Gasteiger charge is 2.23. The van der Waals surface area contributed by atoms with Crippen LogP contribution < -0.4 is 10.5 Å². The van der Waals surface area contributed by atoms with E-state index in [1.165, 1.54) is 0 Å². The molecule has 1 unspecified atom stereocenters. The van der Waals surface area contributed by atoms with E-state index in [-0.39, 0.29) is 18.6 Å². The summed E-state index contributed by atoms with van der Waals surface area (Å²) in [7, 11) is 3.71. The van der Waals surface area contributed by atoms with Crippen LogP contribution in [0.5, 0.6) is 5.75 Å². The van der Waals surface area contributed by atoms with Gasteiger partial charge in [-0.3, -0.25) is 4.99 Å². The van der Waals surface area contributed by atoms with E-state index in [0.29, 0.717) is 25.5 Å². The fourth-order valence-electron chi connectivity index (χ4n) is 3.43. The van der Waals surface area contributed by atoms with Gasteiger partial charge in [0, 0.05) is 18.8 Å². The number of likely N-dealkylation sites (N-methyl/N-ethyl adjacent to an activating group) is 1. The molecule has 0 spiro atoms. The maximum Gasteiger partial charge on any atom is 0.300 e. The van der Waals surface area contributed by atoms with Crippen LogP contribution in [0.1, 0.15) is 26.3 Å². The van der Waals surface area contributed by atoms with Gasteiger partial charge in [-0.05, 0) is 49.8 Å². The van der Waals surface area contributed by atoms with Crippen LogP contribution in [0.3, 0.4) is 0 Å². The molecule has 8 heteroatoms. The number of hydrogen-bond donors (Lipinski definition) is 2. The molecule has 1 aliphatic rings. The zero-order chi connectivity index (χ0) is 21.2. The van der Waals surface area contributed by atoms with Gasteiger partial charge in [-0.2, -0.15) is 0 Å². The first-order valence-electron chi connectivity index (χ1n) is 10.3. The van der Waals surface area contributed by atoms with Gasteiger partial charge in [0.05, 0.1) is 23.9 Å². The van der Waals surface area contributed by atoms with Crippen LogP contribution in [0.15, 0.2) is 29.3 Å². The lowest BCUT2D eigenvalue weighted by atomic mass is 9.72. The molecule has 1 aromatic rings. The number of thioether (sulfide) groups is 1. The van der Waals surface area contributed by atoms with Crippen molar-refractivity contribution in [3.63, 3.8) is 0 Å². The first kappa shape index (κ1) is 24.2. The minimum Gasteiger partial charge on any atom is -0.491 e. The smallest absolute Gasteiger partial charge is 0.300 e. The Morgan fingerprint density at radius 3 is 2.62 bits per heavy atom. The standard InChI is InChI=1S/C21H35BN3O3S/c1-15(2)10-25(4)11-21(26)20(22-28-14-23)9-17-5-7-19(8-6-17)27-12-18-13-29-16(3)24-18/h5-8,15,18,20-21,26H,9-14,23H2,1-4H3/t18?,20-,21+/m0/s1. The summed E-state index contributed by atoms with van der Waals surface area (Å²) in [6.45, 7) is 8.63. The van der Waals surface area contributed by atoms with Gasteiger partial charge in [0.2, 0.25) is 0 Å². The minimum atomic E-state index is -0.526. The summed E-state index contributed by atoms with van der Waals surface area (Å²) in [5, 5.41) is 11.9. The topological polar surface area (TPSA) is 80.3 Å². The second-order valence-electron chi connectivity index (χ2n) is 8.09. The summed E-state index contributed by atoms with van der Waals surface area (Å²) in [5.74, 6) is 2.26. The summed E-state index contributed by atoms with van der Waals surface area (Å²) in [4.78, 5) is 6.70. The van der Waals surface area contributed by atoms with Crippen molar-refractivity contribution in [2.75, 3.05) is 39.2 Å². The Bertz CT molecular complexity index is 630. The van der Waals surface area contributed by atoms with E-state index in [4.69, 9.17) is 15.1 Å². The van der Waals surface area contributed by atoms with Gasteiger partial charge in [-0.15, -0.1) is 11.8 Å². The summed E-state index contributed by atoms with van der Waals surface area (Å²) in [5.41, 5.74) is 6.60. The molecule has 2 rings (SSSR count). The van der Waals surface area contributed by atoms with Crippen LogP contribution >= 0.6 is 11.8 Å². The third-order valence-electron chi connectivity index (χ3n) is 4.72. The van der Waals surface area contributed by atoms with Crippen LogP contribution in [-0.2, 0) is 11.1 Å². The van der Waals surface area contributed by atoms with Gasteiger partial charge in [0.1, 0.15) is 12.4 Å². The van der Waals surface area contributed by atoms with E-state index in [1.807, 2.05) is 38.2 Å². The molecule has 1 aromatic carbocycles. The Kier molecular flexibility index (Phi) is 10.5. The highest BCUT2D eigenvalue weighted by molar-refractivity contribution is 8.14. The molecule has 29 heavy (non-hydrogen) atoms. The first-order chi connectivity index (χ1) is 13.9. The molecule has 0 fully saturated rings. The number of aliphatic hydroxyl groups is 1. The lowest BCUT2D eigenvalue weighted by Crippen LogP contribution is -2.37. The first-order valence-corrected chi connectivity index (χ1v) is 11.3. The van der Waals surface area contributed by atoms with Gasteiger partial charge in [0.15, 0.2) is 0 Å². The Hall–Kier alpha value is -1.06. The number of ether oxygens (including phenoxy) is 1. The second-order valence-corrected chi connectivity index (χ2v) is 9.30. The molecule has 161 valence electrons. The number of hydrogen-bond acceptors (Lipinski definition) is 7. The molecule has 0 amide bonds. The van der Waals surface area contributed by atoms with Crippen molar-refractivity contribution in [2.45, 2.75) is 45.2 Å². The summed E-state index contributed by atoms with van der Waals surface area (Å²) in [6, 6.07) is 8.28. The number of nitrogens with zero attached hydrogens (tertiary/aromatic N) is 2. The van der Waals surface area contributed by atoms with Crippen LogP contribution in [0.4, 0.5) is 0 Å². The molecule has 1 heterocycles. The van der Waals surface area contributed by atoms with E-state index >= 15 is 0 Å². The molecule has 0 aromatic heterocycles. The van der Waals surface area contributed by atoms with Gasteiger partial charge in [-0.1, -0.05) is 26.0 Å². The summed E-state index contributed by atoms with van der Waals surface area (Å²) in [6.07, 6.45) is 0.155. The van der Waals surface area contributed by atoms with E-state index in [9.17, 15) is 5.11 Å². The zero-order valence-electron chi connectivity index (χ0n) is 18.1. The summed E-state index contributed by atoms with van der Waals surface area (Å²) >= 11 is 1.78. The van der Waals surface area contributed by atoms with Crippen molar-refractivity contribution in [2.24, 2.45) is 16.6 Å². The lowest BCUT2D eigenvalue weighted by molar-refractivity contribution is 0.108. The molecule has 0 saturated carbocycles. The number of aliphatic imine (C=N–C) groups is 1. The second kappa shape index (κ2) is 12.6. The van der Waals surface area contributed by atoms with Crippen molar-refractivity contribution < 1.29 is 14.5 Å².